The minimum absolute atomic E-state index is 0.552. The van der Waals surface area contributed by atoms with Crippen LogP contribution in [0.3, 0.4) is 0 Å². The van der Waals surface area contributed by atoms with Crippen LogP contribution >= 0.6 is 0 Å². The fraction of sp³-hybridized carbons (Fsp3) is 0.250. The monoisotopic (exact) mass is 326 g/mol. The minimum Gasteiger partial charge on any atom is -0.376 e. The average Bonchev–Trinajstić information content (AvgIpc) is 2.86. The predicted molar refractivity (Wildman–Crippen MR) is 103 cm³/mol. The molecule has 1 aliphatic heterocycles. The van der Waals surface area contributed by atoms with Gasteiger partial charge in [-0.05, 0) is 51.0 Å². The second-order valence-electron chi connectivity index (χ2n) is 6.35. The Bertz CT molecular complexity index is 800. The molecule has 0 saturated carbocycles. The smallest absolute Gasteiger partial charge is 0.0804 e. The molecule has 0 bridgehead atoms. The summed E-state index contributed by atoms with van der Waals surface area (Å²) >= 11 is 0. The van der Waals surface area contributed by atoms with Gasteiger partial charge in [0.05, 0.1) is 6.61 Å². The molecular weight excluding hydrogens is 304 g/mol. The maximum absolute atomic E-state index is 5.68. The Hall–Kier alpha value is -2.74. The second kappa shape index (κ2) is 8.39. The van der Waals surface area contributed by atoms with Crippen LogP contribution < -0.4 is 0 Å². The predicted octanol–water partition coefficient (Wildman–Crippen LogP) is 4.81. The fourth-order valence-electron chi connectivity index (χ4n) is 2.58. The van der Waals surface area contributed by atoms with Crippen LogP contribution in [0.5, 0.6) is 0 Å². The zero-order valence-electron chi connectivity index (χ0n) is 14.9. The van der Waals surface area contributed by atoms with Crippen molar-refractivity contribution in [2.24, 2.45) is 0 Å². The van der Waals surface area contributed by atoms with Gasteiger partial charge in [0, 0.05) is 28.9 Å². The molecule has 0 radical (unpaired) electrons. The molecule has 25 heavy (non-hydrogen) atoms. The van der Waals surface area contributed by atoms with E-state index in [-0.39, 0.29) is 0 Å². The summed E-state index contributed by atoms with van der Waals surface area (Å²) in [6, 6.07) is 16.6. The first-order chi connectivity index (χ1) is 12.2. The highest BCUT2D eigenvalue weighted by molar-refractivity contribution is 5.50. The summed E-state index contributed by atoms with van der Waals surface area (Å²) in [6.07, 6.45) is 1.92. The molecular formula is C24H22O. The maximum Gasteiger partial charge on any atom is 0.0804 e. The molecule has 0 spiro atoms. The maximum atomic E-state index is 5.68. The largest absolute Gasteiger partial charge is 0.376 e. The first-order valence-corrected chi connectivity index (χ1v) is 8.68. The number of hydrogen-bond donors (Lipinski definition) is 0. The Morgan fingerprint density at radius 1 is 0.680 bits per heavy atom. The van der Waals surface area contributed by atoms with Gasteiger partial charge in [-0.2, -0.15) is 0 Å². The van der Waals surface area contributed by atoms with Gasteiger partial charge in [-0.25, -0.2) is 0 Å². The molecule has 0 fully saturated rings. The lowest BCUT2D eigenvalue weighted by Gasteiger charge is -2.00. The molecule has 1 heterocycles. The molecule has 2 aromatic rings. The molecule has 0 unspecified atom stereocenters. The van der Waals surface area contributed by atoms with E-state index >= 15 is 0 Å². The van der Waals surface area contributed by atoms with Crippen molar-refractivity contribution in [3.05, 3.63) is 81.9 Å². The molecule has 1 nitrogen and oxygen atoms in total. The van der Waals surface area contributed by atoms with Gasteiger partial charge in [-0.1, -0.05) is 59.1 Å². The van der Waals surface area contributed by atoms with E-state index in [9.17, 15) is 0 Å². The van der Waals surface area contributed by atoms with Gasteiger partial charge in [-0.3, -0.25) is 0 Å². The third-order valence-corrected chi connectivity index (χ3v) is 4.14. The van der Waals surface area contributed by atoms with E-state index in [2.05, 4.69) is 86.1 Å². The quantitative estimate of drug-likeness (QED) is 0.631. The van der Waals surface area contributed by atoms with E-state index in [1.54, 1.807) is 0 Å². The summed E-state index contributed by atoms with van der Waals surface area (Å²) in [4.78, 5) is 0. The molecule has 2 aromatic carbocycles. The zero-order chi connectivity index (χ0) is 17.5. The highest BCUT2D eigenvalue weighted by Crippen LogP contribution is 2.16. The fourth-order valence-corrected chi connectivity index (χ4v) is 2.58. The van der Waals surface area contributed by atoms with Crippen molar-refractivity contribution in [3.8, 4) is 23.7 Å². The molecule has 0 aromatic heterocycles. The number of hydrogen-bond acceptors (Lipinski definition) is 1. The van der Waals surface area contributed by atoms with Crippen molar-refractivity contribution in [2.45, 2.75) is 26.7 Å². The molecule has 1 aliphatic rings. The number of aryl methyl sites for hydroxylation is 2. The topological polar surface area (TPSA) is 9.23 Å². The summed E-state index contributed by atoms with van der Waals surface area (Å²) in [7, 11) is 0. The molecule has 3 rings (SSSR count). The summed E-state index contributed by atoms with van der Waals surface area (Å²) in [5, 5.41) is 0. The number of benzene rings is 2. The molecule has 1 heteroatoms. The lowest BCUT2D eigenvalue weighted by Crippen LogP contribution is -1.96. The van der Waals surface area contributed by atoms with Crippen LogP contribution in [-0.2, 0) is 4.74 Å². The second-order valence-corrected chi connectivity index (χ2v) is 6.35. The van der Waals surface area contributed by atoms with E-state index in [4.69, 9.17) is 4.74 Å². The number of rotatable bonds is 0. The molecule has 0 atom stereocenters. The van der Waals surface area contributed by atoms with Crippen molar-refractivity contribution in [3.63, 3.8) is 0 Å². The lowest BCUT2D eigenvalue weighted by atomic mass is 10.0. The van der Waals surface area contributed by atoms with E-state index in [1.807, 2.05) is 0 Å². The van der Waals surface area contributed by atoms with Crippen LogP contribution in [0.2, 0.25) is 0 Å². The van der Waals surface area contributed by atoms with Gasteiger partial charge in [0.2, 0.25) is 0 Å². The van der Waals surface area contributed by atoms with E-state index in [0.717, 1.165) is 41.7 Å². The first kappa shape index (κ1) is 17.1. The lowest BCUT2D eigenvalue weighted by molar-refractivity contribution is 0.161. The summed E-state index contributed by atoms with van der Waals surface area (Å²) in [5.74, 6) is 13.2. The van der Waals surface area contributed by atoms with Crippen molar-refractivity contribution >= 4 is 0 Å². The summed E-state index contributed by atoms with van der Waals surface area (Å²) in [6.45, 7) is 5.49. The Labute approximate surface area is 150 Å². The van der Waals surface area contributed by atoms with Crippen molar-refractivity contribution in [1.82, 2.24) is 0 Å². The molecule has 124 valence electrons. The van der Waals surface area contributed by atoms with Crippen molar-refractivity contribution < 1.29 is 4.74 Å². The number of allylic oxidation sites excluding steroid dienone is 1. The standard InChI is InChI=1S/C24H22O/c1-19-5-9-21(10-6-19)13-15-23-4-3-17-25-18-24(23)16-14-22-11-7-20(2)8-12-22/h5-12H,3-4,17-18H2,1-2H3. The normalized spacial score (nSPS) is 14.0. The SMILES string of the molecule is Cc1ccc(C#CC2=C(C#Cc3ccc(C)cc3)COCCC2)cc1. The minimum atomic E-state index is 0.552. The Kier molecular flexibility index (Phi) is 5.73. The molecule has 0 amide bonds. The molecule has 0 N–H and O–H groups in total. The van der Waals surface area contributed by atoms with Crippen LogP contribution in [0.15, 0.2) is 59.7 Å². The van der Waals surface area contributed by atoms with Gasteiger partial charge in [-0.15, -0.1) is 0 Å². The van der Waals surface area contributed by atoms with Crippen LogP contribution in [0, 0.1) is 37.5 Å². The molecule has 0 saturated heterocycles. The Balaban J connectivity index is 1.89. The zero-order valence-corrected chi connectivity index (χ0v) is 14.9. The van der Waals surface area contributed by atoms with Crippen molar-refractivity contribution in [1.29, 1.82) is 0 Å². The van der Waals surface area contributed by atoms with Crippen LogP contribution in [-0.4, -0.2) is 13.2 Å². The van der Waals surface area contributed by atoms with Crippen LogP contribution in [0.4, 0.5) is 0 Å². The van der Waals surface area contributed by atoms with E-state index in [1.165, 1.54) is 11.1 Å². The van der Waals surface area contributed by atoms with Gasteiger partial charge in [0.1, 0.15) is 0 Å². The third-order valence-electron chi connectivity index (χ3n) is 4.14. The Morgan fingerprint density at radius 2 is 1.20 bits per heavy atom. The van der Waals surface area contributed by atoms with Gasteiger partial charge >= 0.3 is 0 Å². The van der Waals surface area contributed by atoms with E-state index in [0.29, 0.717) is 6.61 Å². The van der Waals surface area contributed by atoms with Gasteiger partial charge in [0.15, 0.2) is 0 Å². The summed E-state index contributed by atoms with van der Waals surface area (Å²) < 4.78 is 5.68. The first-order valence-electron chi connectivity index (χ1n) is 8.68. The van der Waals surface area contributed by atoms with E-state index < -0.39 is 0 Å². The highest BCUT2D eigenvalue weighted by atomic mass is 16.5. The highest BCUT2D eigenvalue weighted by Gasteiger charge is 2.08. The van der Waals surface area contributed by atoms with Crippen molar-refractivity contribution in [2.75, 3.05) is 13.2 Å². The average molecular weight is 326 g/mol. The number of ether oxygens (including phenoxy) is 1. The summed E-state index contributed by atoms with van der Waals surface area (Å²) in [5.41, 5.74) is 6.67. The molecule has 0 aliphatic carbocycles. The third kappa shape index (κ3) is 5.12. The van der Waals surface area contributed by atoms with Crippen LogP contribution in [0.1, 0.15) is 35.1 Å². The van der Waals surface area contributed by atoms with Gasteiger partial charge in [0.25, 0.3) is 0 Å². The Morgan fingerprint density at radius 3 is 1.76 bits per heavy atom. The van der Waals surface area contributed by atoms with Crippen LogP contribution in [0.25, 0.3) is 0 Å². The van der Waals surface area contributed by atoms with Gasteiger partial charge < -0.3 is 4.74 Å².